The van der Waals surface area contributed by atoms with Gasteiger partial charge in [0.05, 0.1) is 12.0 Å². The second-order valence-corrected chi connectivity index (χ2v) is 6.40. The minimum atomic E-state index is -0.0522. The summed E-state index contributed by atoms with van der Waals surface area (Å²) in [4.78, 5) is 18.9. The van der Waals surface area contributed by atoms with E-state index in [4.69, 9.17) is 4.42 Å². The number of furan rings is 1. The molecule has 3 aromatic rings. The molecule has 1 saturated carbocycles. The van der Waals surface area contributed by atoms with Crippen LogP contribution in [-0.4, -0.2) is 34.6 Å². The molecule has 24 heavy (non-hydrogen) atoms. The van der Waals surface area contributed by atoms with Crippen molar-refractivity contribution >= 4 is 23.2 Å². The topological polar surface area (TPSA) is 75.7 Å². The fourth-order valence-corrected chi connectivity index (χ4v) is 2.98. The minimum absolute atomic E-state index is 0.0193. The lowest BCUT2D eigenvalue weighted by molar-refractivity contribution is -0.117. The fourth-order valence-electron chi connectivity index (χ4n) is 2.98. The van der Waals surface area contributed by atoms with E-state index in [1.807, 2.05) is 50.2 Å². The van der Waals surface area contributed by atoms with E-state index in [-0.39, 0.29) is 17.7 Å². The Labute approximate surface area is 139 Å². The highest BCUT2D eigenvalue weighted by Gasteiger charge is 2.46. The third kappa shape index (κ3) is 2.51. The number of carbonyl (C=O) groups is 1. The summed E-state index contributed by atoms with van der Waals surface area (Å²) in [5.41, 5.74) is 1.60. The molecular formula is C17H19N5O2. The predicted octanol–water partition coefficient (Wildman–Crippen LogP) is 2.44. The molecule has 0 aliphatic heterocycles. The van der Waals surface area contributed by atoms with Gasteiger partial charge in [-0.1, -0.05) is 0 Å². The van der Waals surface area contributed by atoms with Crippen molar-refractivity contribution in [2.75, 3.05) is 24.3 Å². The number of aryl methyl sites for hydroxylation is 1. The first-order valence-corrected chi connectivity index (χ1v) is 7.92. The maximum absolute atomic E-state index is 12.5. The summed E-state index contributed by atoms with van der Waals surface area (Å²) >= 11 is 0. The quantitative estimate of drug-likeness (QED) is 0.797. The Morgan fingerprint density at radius 3 is 2.96 bits per heavy atom. The molecule has 4 rings (SSSR count). The lowest BCUT2D eigenvalue weighted by atomic mass is 10.2. The van der Waals surface area contributed by atoms with E-state index in [1.165, 1.54) is 0 Å². The standard InChI is InChI=1S/C17H19N5O2/c1-10-7-15-18-14(9-16(21(2)3)22(15)20-10)19-17(23)12-8-11(12)13-5-4-6-24-13/h4-7,9,11-12H,8H2,1-3H3,(H,18,19,23)/t11-,12-/m1/s1. The lowest BCUT2D eigenvalue weighted by Crippen LogP contribution is -2.18. The van der Waals surface area contributed by atoms with Gasteiger partial charge in [-0.25, -0.2) is 4.98 Å². The van der Waals surface area contributed by atoms with E-state index in [9.17, 15) is 4.79 Å². The van der Waals surface area contributed by atoms with Crippen LogP contribution in [0.4, 0.5) is 11.6 Å². The van der Waals surface area contributed by atoms with Gasteiger partial charge in [-0.15, -0.1) is 0 Å². The molecule has 1 amide bonds. The Hall–Kier alpha value is -2.83. The highest BCUT2D eigenvalue weighted by atomic mass is 16.3. The van der Waals surface area contributed by atoms with Crippen molar-refractivity contribution in [2.24, 2.45) is 5.92 Å². The van der Waals surface area contributed by atoms with Crippen LogP contribution in [0.2, 0.25) is 0 Å². The first-order valence-electron chi connectivity index (χ1n) is 7.92. The molecule has 0 bridgehead atoms. The van der Waals surface area contributed by atoms with Crippen LogP contribution in [0.1, 0.15) is 23.8 Å². The lowest BCUT2D eigenvalue weighted by Gasteiger charge is -2.15. The molecule has 0 saturated heterocycles. The zero-order valence-electron chi connectivity index (χ0n) is 13.9. The molecule has 0 radical (unpaired) electrons. The van der Waals surface area contributed by atoms with Gasteiger partial charge in [0.15, 0.2) is 5.65 Å². The van der Waals surface area contributed by atoms with E-state index in [1.54, 1.807) is 10.8 Å². The Morgan fingerprint density at radius 1 is 1.42 bits per heavy atom. The van der Waals surface area contributed by atoms with Crippen LogP contribution in [0.15, 0.2) is 34.9 Å². The van der Waals surface area contributed by atoms with Gasteiger partial charge in [0.2, 0.25) is 5.91 Å². The molecule has 1 N–H and O–H groups in total. The third-order valence-corrected chi connectivity index (χ3v) is 4.28. The summed E-state index contributed by atoms with van der Waals surface area (Å²) in [5.74, 6) is 2.38. The van der Waals surface area contributed by atoms with Crippen molar-refractivity contribution < 1.29 is 9.21 Å². The number of hydrogen-bond donors (Lipinski definition) is 1. The Morgan fingerprint density at radius 2 is 2.25 bits per heavy atom. The first kappa shape index (κ1) is 14.7. The molecule has 7 heteroatoms. The molecule has 1 aliphatic rings. The maximum Gasteiger partial charge on any atom is 0.229 e. The normalized spacial score (nSPS) is 19.5. The van der Waals surface area contributed by atoms with Crippen molar-refractivity contribution in [1.29, 1.82) is 0 Å². The average molecular weight is 325 g/mol. The molecule has 1 aliphatic carbocycles. The largest absolute Gasteiger partial charge is 0.469 e. The maximum atomic E-state index is 12.5. The Balaban J connectivity index is 1.57. The number of fused-ring (bicyclic) bond motifs is 1. The van der Waals surface area contributed by atoms with E-state index >= 15 is 0 Å². The number of hydrogen-bond acceptors (Lipinski definition) is 5. The molecule has 2 atom stereocenters. The number of carbonyl (C=O) groups excluding carboxylic acids is 1. The van der Waals surface area contributed by atoms with Crippen LogP contribution in [0.5, 0.6) is 0 Å². The molecule has 1 fully saturated rings. The van der Waals surface area contributed by atoms with Crippen LogP contribution in [0.3, 0.4) is 0 Å². The van der Waals surface area contributed by atoms with Crippen molar-refractivity contribution in [1.82, 2.24) is 14.6 Å². The van der Waals surface area contributed by atoms with Gasteiger partial charge in [0.25, 0.3) is 0 Å². The summed E-state index contributed by atoms with van der Waals surface area (Å²) in [5, 5.41) is 7.37. The second kappa shape index (κ2) is 5.36. The Bertz CT molecular complexity index is 897. The van der Waals surface area contributed by atoms with Gasteiger partial charge in [0.1, 0.15) is 17.4 Å². The second-order valence-electron chi connectivity index (χ2n) is 6.40. The van der Waals surface area contributed by atoms with Crippen molar-refractivity contribution in [3.8, 4) is 0 Å². The summed E-state index contributed by atoms with van der Waals surface area (Å²) in [7, 11) is 3.87. The molecular weight excluding hydrogens is 306 g/mol. The summed E-state index contributed by atoms with van der Waals surface area (Å²) in [6.45, 7) is 1.92. The van der Waals surface area contributed by atoms with E-state index in [2.05, 4.69) is 15.4 Å². The summed E-state index contributed by atoms with van der Waals surface area (Å²) in [6, 6.07) is 7.50. The van der Waals surface area contributed by atoms with Crippen LogP contribution in [0, 0.1) is 12.8 Å². The molecule has 0 unspecified atom stereocenters. The number of rotatable bonds is 4. The highest BCUT2D eigenvalue weighted by molar-refractivity contribution is 5.94. The minimum Gasteiger partial charge on any atom is -0.469 e. The number of anilines is 2. The number of nitrogens with zero attached hydrogens (tertiary/aromatic N) is 4. The third-order valence-electron chi connectivity index (χ3n) is 4.28. The van der Waals surface area contributed by atoms with Gasteiger partial charge in [-0.05, 0) is 25.5 Å². The van der Waals surface area contributed by atoms with E-state index in [0.29, 0.717) is 11.5 Å². The molecule has 3 heterocycles. The van der Waals surface area contributed by atoms with Gasteiger partial charge in [0, 0.05) is 38.1 Å². The number of amides is 1. The van der Waals surface area contributed by atoms with Gasteiger partial charge < -0.3 is 14.6 Å². The SMILES string of the molecule is Cc1cc2nc(NC(=O)[C@@H]3C[C@H]3c3ccco3)cc(N(C)C)n2n1. The van der Waals surface area contributed by atoms with Crippen LogP contribution in [-0.2, 0) is 4.79 Å². The molecule has 0 spiro atoms. The smallest absolute Gasteiger partial charge is 0.229 e. The van der Waals surface area contributed by atoms with Crippen molar-refractivity contribution in [2.45, 2.75) is 19.3 Å². The molecule has 124 valence electrons. The van der Waals surface area contributed by atoms with Crippen LogP contribution < -0.4 is 10.2 Å². The number of aromatic nitrogens is 3. The number of nitrogens with one attached hydrogen (secondary N) is 1. The van der Waals surface area contributed by atoms with Gasteiger partial charge in [-0.3, -0.25) is 4.79 Å². The fraction of sp³-hybridized carbons (Fsp3) is 0.353. The van der Waals surface area contributed by atoms with Gasteiger partial charge >= 0.3 is 0 Å². The van der Waals surface area contributed by atoms with E-state index in [0.717, 1.165) is 23.7 Å². The predicted molar refractivity (Wildman–Crippen MR) is 90.2 cm³/mol. The van der Waals surface area contributed by atoms with Crippen molar-refractivity contribution in [3.63, 3.8) is 0 Å². The average Bonchev–Trinajstić information content (AvgIpc) is 2.97. The first-order chi connectivity index (χ1) is 11.5. The highest BCUT2D eigenvalue weighted by Crippen LogP contribution is 2.48. The molecule has 7 nitrogen and oxygen atoms in total. The molecule has 3 aromatic heterocycles. The van der Waals surface area contributed by atoms with Crippen molar-refractivity contribution in [3.05, 3.63) is 42.0 Å². The monoisotopic (exact) mass is 325 g/mol. The van der Waals surface area contributed by atoms with Crippen LogP contribution >= 0.6 is 0 Å². The molecule has 0 aromatic carbocycles. The van der Waals surface area contributed by atoms with Crippen LogP contribution in [0.25, 0.3) is 5.65 Å². The zero-order chi connectivity index (χ0) is 16.8. The Kier molecular flexibility index (Phi) is 3.30. The zero-order valence-corrected chi connectivity index (χ0v) is 13.9. The van der Waals surface area contributed by atoms with E-state index < -0.39 is 0 Å². The summed E-state index contributed by atoms with van der Waals surface area (Å²) < 4.78 is 7.16. The van der Waals surface area contributed by atoms with Gasteiger partial charge in [-0.2, -0.15) is 9.61 Å². The summed E-state index contributed by atoms with van der Waals surface area (Å²) in [6.07, 6.45) is 2.46.